The van der Waals surface area contributed by atoms with Crippen molar-refractivity contribution in [2.45, 2.75) is 6.92 Å². The number of rotatable bonds is 6. The van der Waals surface area contributed by atoms with Gasteiger partial charge in [-0.25, -0.2) is 4.98 Å². The fraction of sp³-hybridized carbons (Fsp3) is 0.350. The van der Waals surface area contributed by atoms with Crippen molar-refractivity contribution >= 4 is 28.4 Å². The molecule has 0 amide bonds. The number of ether oxygens (including phenoxy) is 1. The lowest BCUT2D eigenvalue weighted by molar-refractivity contribution is 0.0398. The minimum Gasteiger partial charge on any atom is -0.379 e. The lowest BCUT2D eigenvalue weighted by atomic mass is 10.2. The number of nitrogens with one attached hydrogen (secondary N) is 2. The lowest BCUT2D eigenvalue weighted by Crippen LogP contribution is -2.39. The molecule has 0 bridgehead atoms. The Kier molecular flexibility index (Phi) is 5.41. The third-order valence-corrected chi connectivity index (χ3v) is 4.57. The van der Waals surface area contributed by atoms with E-state index in [1.807, 2.05) is 43.3 Å². The van der Waals surface area contributed by atoms with Crippen molar-refractivity contribution in [2.75, 3.05) is 50.0 Å². The van der Waals surface area contributed by atoms with E-state index < -0.39 is 0 Å². The molecule has 3 aromatic rings. The number of anilines is 3. The Morgan fingerprint density at radius 2 is 1.96 bits per heavy atom. The first-order chi connectivity index (χ1) is 13.3. The highest BCUT2D eigenvalue weighted by atomic mass is 16.5. The number of morpholine rings is 1. The number of aromatic nitrogens is 3. The first-order valence-electron chi connectivity index (χ1n) is 9.28. The first kappa shape index (κ1) is 17.6. The fourth-order valence-corrected chi connectivity index (χ4v) is 3.21. The molecule has 0 spiro atoms. The second-order valence-corrected chi connectivity index (χ2v) is 6.60. The normalized spacial score (nSPS) is 15.0. The minimum atomic E-state index is 0.571. The SMILES string of the molecule is Cc1cc(NCCN2CCOCC2)nc(Nc2cccc3cccnc23)n1. The monoisotopic (exact) mass is 364 g/mol. The van der Waals surface area contributed by atoms with Gasteiger partial charge in [0.15, 0.2) is 0 Å². The Morgan fingerprint density at radius 1 is 1.11 bits per heavy atom. The van der Waals surface area contributed by atoms with Gasteiger partial charge in [0.25, 0.3) is 0 Å². The Morgan fingerprint density at radius 3 is 2.85 bits per heavy atom. The summed E-state index contributed by atoms with van der Waals surface area (Å²) < 4.78 is 5.39. The maximum absolute atomic E-state index is 5.39. The molecule has 1 aromatic carbocycles. The summed E-state index contributed by atoms with van der Waals surface area (Å²) in [6.07, 6.45) is 1.79. The Hall–Kier alpha value is -2.77. The third-order valence-electron chi connectivity index (χ3n) is 4.57. The fourth-order valence-electron chi connectivity index (χ4n) is 3.21. The zero-order chi connectivity index (χ0) is 18.5. The molecule has 1 saturated heterocycles. The predicted molar refractivity (Wildman–Crippen MR) is 108 cm³/mol. The molecule has 7 heteroatoms. The predicted octanol–water partition coefficient (Wildman–Crippen LogP) is 2.82. The van der Waals surface area contributed by atoms with Crippen LogP contribution in [0.3, 0.4) is 0 Å². The van der Waals surface area contributed by atoms with Gasteiger partial charge in [0.2, 0.25) is 5.95 Å². The van der Waals surface area contributed by atoms with Gasteiger partial charge in [0.1, 0.15) is 5.82 Å². The number of pyridine rings is 1. The molecule has 0 radical (unpaired) electrons. The van der Waals surface area contributed by atoms with Crippen LogP contribution in [0.2, 0.25) is 0 Å². The Balaban J connectivity index is 1.45. The summed E-state index contributed by atoms with van der Waals surface area (Å²) in [5.41, 5.74) is 2.72. The topological polar surface area (TPSA) is 75.2 Å². The zero-order valence-electron chi connectivity index (χ0n) is 15.5. The van der Waals surface area contributed by atoms with Crippen LogP contribution in [0, 0.1) is 6.92 Å². The molecule has 2 aromatic heterocycles. The average molecular weight is 364 g/mol. The number of para-hydroxylation sites is 1. The van der Waals surface area contributed by atoms with E-state index in [-0.39, 0.29) is 0 Å². The third kappa shape index (κ3) is 4.50. The summed E-state index contributed by atoms with van der Waals surface area (Å²) in [6, 6.07) is 12.0. The quantitative estimate of drug-likeness (QED) is 0.696. The van der Waals surface area contributed by atoms with Crippen LogP contribution in [0.5, 0.6) is 0 Å². The molecule has 1 aliphatic heterocycles. The van der Waals surface area contributed by atoms with E-state index in [0.29, 0.717) is 5.95 Å². The number of hydrogen-bond donors (Lipinski definition) is 2. The molecule has 0 saturated carbocycles. The summed E-state index contributed by atoms with van der Waals surface area (Å²) in [7, 11) is 0. The summed E-state index contributed by atoms with van der Waals surface area (Å²) >= 11 is 0. The van der Waals surface area contributed by atoms with Gasteiger partial charge in [-0.3, -0.25) is 9.88 Å². The molecule has 1 aliphatic rings. The summed E-state index contributed by atoms with van der Waals surface area (Å²) in [4.78, 5) is 16.0. The van der Waals surface area contributed by atoms with Crippen molar-refractivity contribution in [3.8, 4) is 0 Å². The molecule has 1 fully saturated rings. The van der Waals surface area contributed by atoms with E-state index in [0.717, 1.165) is 67.5 Å². The van der Waals surface area contributed by atoms with Crippen molar-refractivity contribution in [1.82, 2.24) is 19.9 Å². The molecule has 0 atom stereocenters. The maximum atomic E-state index is 5.39. The summed E-state index contributed by atoms with van der Waals surface area (Å²) in [6.45, 7) is 7.41. The van der Waals surface area contributed by atoms with Gasteiger partial charge in [0, 0.05) is 49.5 Å². The number of fused-ring (bicyclic) bond motifs is 1. The van der Waals surface area contributed by atoms with Crippen molar-refractivity contribution in [1.29, 1.82) is 0 Å². The highest BCUT2D eigenvalue weighted by molar-refractivity contribution is 5.91. The second-order valence-electron chi connectivity index (χ2n) is 6.60. The molecule has 0 unspecified atom stereocenters. The van der Waals surface area contributed by atoms with Crippen LogP contribution < -0.4 is 10.6 Å². The number of benzene rings is 1. The van der Waals surface area contributed by atoms with Crippen LogP contribution in [0.4, 0.5) is 17.5 Å². The molecule has 7 nitrogen and oxygen atoms in total. The van der Waals surface area contributed by atoms with Crippen LogP contribution in [0.25, 0.3) is 10.9 Å². The van der Waals surface area contributed by atoms with Crippen LogP contribution in [0.15, 0.2) is 42.6 Å². The molecular formula is C20H24N6O. The number of nitrogens with zero attached hydrogens (tertiary/aromatic N) is 4. The van der Waals surface area contributed by atoms with Crippen molar-refractivity contribution < 1.29 is 4.74 Å². The molecular weight excluding hydrogens is 340 g/mol. The van der Waals surface area contributed by atoms with Crippen LogP contribution in [0.1, 0.15) is 5.69 Å². The highest BCUT2D eigenvalue weighted by Crippen LogP contribution is 2.23. The van der Waals surface area contributed by atoms with E-state index >= 15 is 0 Å². The molecule has 140 valence electrons. The van der Waals surface area contributed by atoms with Gasteiger partial charge in [0.05, 0.1) is 24.4 Å². The number of hydrogen-bond acceptors (Lipinski definition) is 7. The largest absolute Gasteiger partial charge is 0.379 e. The second kappa shape index (κ2) is 8.28. The van der Waals surface area contributed by atoms with Crippen molar-refractivity contribution in [3.05, 3.63) is 48.3 Å². The molecule has 0 aliphatic carbocycles. The Bertz CT molecular complexity index is 905. The zero-order valence-corrected chi connectivity index (χ0v) is 15.5. The number of aryl methyl sites for hydroxylation is 1. The van der Waals surface area contributed by atoms with Gasteiger partial charge >= 0.3 is 0 Å². The van der Waals surface area contributed by atoms with Crippen LogP contribution >= 0.6 is 0 Å². The Labute approximate surface area is 158 Å². The van der Waals surface area contributed by atoms with Gasteiger partial charge in [-0.05, 0) is 19.1 Å². The highest BCUT2D eigenvalue weighted by Gasteiger charge is 2.10. The van der Waals surface area contributed by atoms with Gasteiger partial charge in [-0.2, -0.15) is 4.98 Å². The van der Waals surface area contributed by atoms with Crippen molar-refractivity contribution in [3.63, 3.8) is 0 Å². The summed E-state index contributed by atoms with van der Waals surface area (Å²) in [5, 5.41) is 7.81. The summed E-state index contributed by atoms with van der Waals surface area (Å²) in [5.74, 6) is 1.40. The lowest BCUT2D eigenvalue weighted by Gasteiger charge is -2.26. The molecule has 2 N–H and O–H groups in total. The van der Waals surface area contributed by atoms with E-state index in [1.165, 1.54) is 0 Å². The molecule has 4 rings (SSSR count). The molecule has 3 heterocycles. The standard InChI is InChI=1S/C20H24N6O/c1-15-14-18(21-8-9-26-10-12-27-13-11-26)25-20(23-15)24-17-6-2-4-16-5-3-7-22-19(16)17/h2-7,14H,8-13H2,1H3,(H2,21,23,24,25). The van der Waals surface area contributed by atoms with E-state index in [9.17, 15) is 0 Å². The van der Waals surface area contributed by atoms with Gasteiger partial charge in [-0.15, -0.1) is 0 Å². The maximum Gasteiger partial charge on any atom is 0.229 e. The van der Waals surface area contributed by atoms with Crippen LogP contribution in [-0.2, 0) is 4.74 Å². The molecule has 27 heavy (non-hydrogen) atoms. The van der Waals surface area contributed by atoms with Crippen LogP contribution in [-0.4, -0.2) is 59.2 Å². The van der Waals surface area contributed by atoms with Crippen molar-refractivity contribution in [2.24, 2.45) is 0 Å². The van der Waals surface area contributed by atoms with Gasteiger partial charge < -0.3 is 15.4 Å². The van der Waals surface area contributed by atoms with E-state index in [1.54, 1.807) is 6.20 Å². The first-order valence-corrected chi connectivity index (χ1v) is 9.28. The van der Waals surface area contributed by atoms with E-state index in [2.05, 4.69) is 30.5 Å². The smallest absolute Gasteiger partial charge is 0.229 e. The van der Waals surface area contributed by atoms with Gasteiger partial charge in [-0.1, -0.05) is 18.2 Å². The minimum absolute atomic E-state index is 0.571. The van der Waals surface area contributed by atoms with E-state index in [4.69, 9.17) is 4.74 Å². The average Bonchev–Trinajstić information content (AvgIpc) is 2.69.